The summed E-state index contributed by atoms with van der Waals surface area (Å²) in [4.78, 5) is 2.14. The van der Waals surface area contributed by atoms with Crippen molar-refractivity contribution in [1.29, 1.82) is 0 Å². The summed E-state index contributed by atoms with van der Waals surface area (Å²) in [6.07, 6.45) is 2.01. The smallest absolute Gasteiger partial charge is 0.119 e. The molecule has 0 bridgehead atoms. The van der Waals surface area contributed by atoms with Crippen LogP contribution in [-0.2, 0) is 4.74 Å². The standard InChI is InChI=1S/C17H25NO4/c19-16(7-10-21-11-8-16)12-18-9-6-17(20,13-18)14-22-15-4-2-1-3-5-15/h1-5,19-20H,6-14H2/t17-/m1/s1. The van der Waals surface area contributed by atoms with E-state index in [1.165, 1.54) is 0 Å². The largest absolute Gasteiger partial charge is 0.491 e. The zero-order valence-corrected chi connectivity index (χ0v) is 12.9. The van der Waals surface area contributed by atoms with Gasteiger partial charge in [-0.05, 0) is 18.6 Å². The molecule has 1 aromatic rings. The molecule has 1 atom stereocenters. The number of benzene rings is 1. The maximum atomic E-state index is 10.7. The van der Waals surface area contributed by atoms with Gasteiger partial charge in [0.2, 0.25) is 0 Å². The molecule has 2 N–H and O–H groups in total. The maximum Gasteiger partial charge on any atom is 0.119 e. The van der Waals surface area contributed by atoms with Gasteiger partial charge in [0.05, 0.1) is 5.60 Å². The highest BCUT2D eigenvalue weighted by Gasteiger charge is 2.40. The molecule has 0 aliphatic carbocycles. The number of para-hydroxylation sites is 1. The average molecular weight is 307 g/mol. The first-order valence-electron chi connectivity index (χ1n) is 8.00. The number of nitrogens with zero attached hydrogens (tertiary/aromatic N) is 1. The molecular weight excluding hydrogens is 282 g/mol. The summed E-state index contributed by atoms with van der Waals surface area (Å²) in [5.41, 5.74) is -1.51. The number of likely N-dealkylation sites (tertiary alicyclic amines) is 1. The third-order valence-corrected chi connectivity index (χ3v) is 4.60. The number of hydrogen-bond acceptors (Lipinski definition) is 5. The first-order chi connectivity index (χ1) is 10.6. The van der Waals surface area contributed by atoms with Crippen LogP contribution < -0.4 is 4.74 Å². The summed E-state index contributed by atoms with van der Waals surface area (Å²) in [5, 5.41) is 21.2. The molecule has 0 saturated carbocycles. The minimum absolute atomic E-state index is 0.287. The van der Waals surface area contributed by atoms with Gasteiger partial charge in [0.1, 0.15) is 18.0 Å². The lowest BCUT2D eigenvalue weighted by Gasteiger charge is -2.35. The minimum Gasteiger partial charge on any atom is -0.491 e. The molecule has 5 nitrogen and oxygen atoms in total. The molecule has 2 heterocycles. The Kier molecular flexibility index (Phi) is 4.68. The molecule has 122 valence electrons. The van der Waals surface area contributed by atoms with Crippen LogP contribution >= 0.6 is 0 Å². The van der Waals surface area contributed by atoms with E-state index in [2.05, 4.69) is 4.90 Å². The highest BCUT2D eigenvalue weighted by molar-refractivity contribution is 5.21. The minimum atomic E-state index is -0.836. The molecule has 0 unspecified atom stereocenters. The Bertz CT molecular complexity index is 475. The van der Waals surface area contributed by atoms with Crippen molar-refractivity contribution < 1.29 is 19.7 Å². The van der Waals surface area contributed by atoms with Crippen molar-refractivity contribution in [2.75, 3.05) is 39.5 Å². The fourth-order valence-electron chi connectivity index (χ4n) is 3.25. The second kappa shape index (κ2) is 6.54. The Morgan fingerprint density at radius 1 is 1.05 bits per heavy atom. The molecule has 3 rings (SSSR count). The van der Waals surface area contributed by atoms with Crippen LogP contribution in [0.15, 0.2) is 30.3 Å². The van der Waals surface area contributed by atoms with Crippen molar-refractivity contribution in [3.05, 3.63) is 30.3 Å². The van der Waals surface area contributed by atoms with E-state index in [0.29, 0.717) is 45.6 Å². The van der Waals surface area contributed by atoms with Gasteiger partial charge in [-0.15, -0.1) is 0 Å². The van der Waals surface area contributed by atoms with Crippen LogP contribution in [0.3, 0.4) is 0 Å². The normalized spacial score (nSPS) is 28.6. The van der Waals surface area contributed by atoms with Gasteiger partial charge < -0.3 is 19.7 Å². The van der Waals surface area contributed by atoms with E-state index in [1.807, 2.05) is 30.3 Å². The lowest BCUT2D eigenvalue weighted by molar-refractivity contribution is -0.0809. The van der Waals surface area contributed by atoms with Crippen molar-refractivity contribution in [3.8, 4) is 5.75 Å². The van der Waals surface area contributed by atoms with Crippen LogP contribution in [0.5, 0.6) is 5.75 Å². The number of ether oxygens (including phenoxy) is 2. The average Bonchev–Trinajstić information content (AvgIpc) is 2.88. The maximum absolute atomic E-state index is 10.7. The molecule has 2 aliphatic heterocycles. The van der Waals surface area contributed by atoms with Gasteiger partial charge >= 0.3 is 0 Å². The molecular formula is C17H25NO4. The van der Waals surface area contributed by atoms with Crippen molar-refractivity contribution in [1.82, 2.24) is 4.90 Å². The molecule has 5 heteroatoms. The van der Waals surface area contributed by atoms with E-state index in [0.717, 1.165) is 12.3 Å². The highest BCUT2D eigenvalue weighted by Crippen LogP contribution is 2.27. The molecule has 2 fully saturated rings. The van der Waals surface area contributed by atoms with Gasteiger partial charge in [0.15, 0.2) is 0 Å². The first-order valence-corrected chi connectivity index (χ1v) is 8.00. The summed E-state index contributed by atoms with van der Waals surface area (Å²) in [6.45, 7) is 3.46. The second-order valence-electron chi connectivity index (χ2n) is 6.62. The topological polar surface area (TPSA) is 62.2 Å². The van der Waals surface area contributed by atoms with Crippen LogP contribution in [0.2, 0.25) is 0 Å². The molecule has 0 amide bonds. The molecule has 2 saturated heterocycles. The zero-order valence-electron chi connectivity index (χ0n) is 12.9. The molecule has 0 aromatic heterocycles. The first kappa shape index (κ1) is 15.7. The van der Waals surface area contributed by atoms with E-state index < -0.39 is 11.2 Å². The second-order valence-corrected chi connectivity index (χ2v) is 6.62. The van der Waals surface area contributed by atoms with Gasteiger partial charge in [-0.3, -0.25) is 4.90 Å². The number of β-amino-alcohol motifs (C(OH)–C–C–N with tert-alkyl or cyclic N) is 2. The van der Waals surface area contributed by atoms with Crippen molar-refractivity contribution in [2.24, 2.45) is 0 Å². The quantitative estimate of drug-likeness (QED) is 0.851. The molecule has 0 radical (unpaired) electrons. The molecule has 0 spiro atoms. The van der Waals surface area contributed by atoms with Gasteiger partial charge in [0, 0.05) is 45.7 Å². The predicted molar refractivity (Wildman–Crippen MR) is 82.9 cm³/mol. The lowest BCUT2D eigenvalue weighted by atomic mass is 9.94. The van der Waals surface area contributed by atoms with Gasteiger partial charge in [-0.25, -0.2) is 0 Å². The van der Waals surface area contributed by atoms with Crippen LogP contribution in [0.25, 0.3) is 0 Å². The Morgan fingerprint density at radius 2 is 1.77 bits per heavy atom. The summed E-state index contributed by atoms with van der Waals surface area (Å²) in [5.74, 6) is 0.775. The highest BCUT2D eigenvalue weighted by atomic mass is 16.5. The summed E-state index contributed by atoms with van der Waals surface area (Å²) >= 11 is 0. The number of aliphatic hydroxyl groups is 2. The zero-order chi connectivity index (χ0) is 15.5. The van der Waals surface area contributed by atoms with Crippen LogP contribution in [0.1, 0.15) is 19.3 Å². The van der Waals surface area contributed by atoms with E-state index in [1.54, 1.807) is 0 Å². The van der Waals surface area contributed by atoms with Gasteiger partial charge in [-0.2, -0.15) is 0 Å². The number of hydrogen-bond donors (Lipinski definition) is 2. The van der Waals surface area contributed by atoms with E-state index in [9.17, 15) is 10.2 Å². The van der Waals surface area contributed by atoms with E-state index >= 15 is 0 Å². The third-order valence-electron chi connectivity index (χ3n) is 4.60. The van der Waals surface area contributed by atoms with Gasteiger partial charge in [0.25, 0.3) is 0 Å². The van der Waals surface area contributed by atoms with Crippen LogP contribution in [0, 0.1) is 0 Å². The Hall–Kier alpha value is -1.14. The van der Waals surface area contributed by atoms with Crippen LogP contribution in [-0.4, -0.2) is 65.8 Å². The molecule has 1 aromatic carbocycles. The fraction of sp³-hybridized carbons (Fsp3) is 0.647. The molecule has 2 aliphatic rings. The van der Waals surface area contributed by atoms with Crippen LogP contribution in [0.4, 0.5) is 0 Å². The fourth-order valence-corrected chi connectivity index (χ4v) is 3.25. The van der Waals surface area contributed by atoms with Gasteiger partial charge in [-0.1, -0.05) is 18.2 Å². The van der Waals surface area contributed by atoms with Crippen molar-refractivity contribution in [3.63, 3.8) is 0 Å². The van der Waals surface area contributed by atoms with E-state index in [-0.39, 0.29) is 6.61 Å². The third kappa shape index (κ3) is 3.98. The summed E-state index contributed by atoms with van der Waals surface area (Å²) in [6, 6.07) is 9.55. The Balaban J connectivity index is 1.50. The summed E-state index contributed by atoms with van der Waals surface area (Å²) in [7, 11) is 0. The predicted octanol–water partition coefficient (Wildman–Crippen LogP) is 1.04. The lowest BCUT2D eigenvalue weighted by Crippen LogP contribution is -2.48. The molecule has 22 heavy (non-hydrogen) atoms. The summed E-state index contributed by atoms with van der Waals surface area (Å²) < 4.78 is 11.0. The Labute approximate surface area is 131 Å². The van der Waals surface area contributed by atoms with E-state index in [4.69, 9.17) is 9.47 Å². The van der Waals surface area contributed by atoms with Crippen molar-refractivity contribution >= 4 is 0 Å². The van der Waals surface area contributed by atoms with Crippen molar-refractivity contribution in [2.45, 2.75) is 30.5 Å². The Morgan fingerprint density at radius 3 is 2.50 bits per heavy atom. The SMILES string of the molecule is OC1(CN2CC[C@](O)(COc3ccccc3)C2)CCOCC1. The number of rotatable bonds is 5. The monoisotopic (exact) mass is 307 g/mol.